The third-order valence-electron chi connectivity index (χ3n) is 4.29. The van der Waals surface area contributed by atoms with Gasteiger partial charge in [-0.2, -0.15) is 0 Å². The Morgan fingerprint density at radius 2 is 2.00 bits per heavy atom. The van der Waals surface area contributed by atoms with E-state index < -0.39 is 11.2 Å². The molecule has 1 aromatic carbocycles. The molecular weight excluding hydrogens is 354 g/mol. The van der Waals surface area contributed by atoms with Crippen molar-refractivity contribution in [2.45, 2.75) is 26.8 Å². The third-order valence-corrected chi connectivity index (χ3v) is 4.57. The SMILES string of the molecule is CCOc1c(F)cc([C@@H](N2CCNCC2)C(C)(C)CO)cc1Cl.Cl. The van der Waals surface area contributed by atoms with E-state index >= 15 is 0 Å². The molecule has 1 aliphatic rings. The van der Waals surface area contributed by atoms with Gasteiger partial charge in [0.2, 0.25) is 0 Å². The second-order valence-corrected chi connectivity index (χ2v) is 6.99. The largest absolute Gasteiger partial charge is 0.489 e. The number of ether oxygens (including phenoxy) is 1. The zero-order valence-corrected chi connectivity index (χ0v) is 16.0. The molecule has 1 atom stereocenters. The van der Waals surface area contributed by atoms with Crippen LogP contribution in [0.1, 0.15) is 32.4 Å². The zero-order valence-electron chi connectivity index (χ0n) is 14.4. The van der Waals surface area contributed by atoms with E-state index in [9.17, 15) is 9.50 Å². The molecule has 2 rings (SSSR count). The summed E-state index contributed by atoms with van der Waals surface area (Å²) in [5, 5.41) is 13.4. The Morgan fingerprint density at radius 1 is 1.38 bits per heavy atom. The number of aliphatic hydroxyl groups excluding tert-OH is 1. The van der Waals surface area contributed by atoms with E-state index in [0.29, 0.717) is 6.61 Å². The lowest BCUT2D eigenvalue weighted by molar-refractivity contribution is 0.0303. The second-order valence-electron chi connectivity index (χ2n) is 6.58. The molecule has 138 valence electrons. The normalized spacial score (nSPS) is 17.2. The van der Waals surface area contributed by atoms with Crippen molar-refractivity contribution < 1.29 is 14.2 Å². The average molecular weight is 381 g/mol. The van der Waals surface area contributed by atoms with Gasteiger partial charge >= 0.3 is 0 Å². The molecule has 0 amide bonds. The minimum Gasteiger partial charge on any atom is -0.489 e. The van der Waals surface area contributed by atoms with Gasteiger partial charge in [-0.05, 0) is 24.6 Å². The molecule has 24 heavy (non-hydrogen) atoms. The summed E-state index contributed by atoms with van der Waals surface area (Å²) in [4.78, 5) is 2.28. The predicted octanol–water partition coefficient (Wildman–Crippen LogP) is 3.26. The van der Waals surface area contributed by atoms with Gasteiger partial charge in [-0.1, -0.05) is 25.4 Å². The highest BCUT2D eigenvalue weighted by Gasteiger charge is 2.36. The Hall–Kier alpha value is -0.590. The van der Waals surface area contributed by atoms with Crippen molar-refractivity contribution in [2.75, 3.05) is 39.4 Å². The summed E-state index contributed by atoms with van der Waals surface area (Å²) in [5.74, 6) is -0.359. The summed E-state index contributed by atoms with van der Waals surface area (Å²) in [7, 11) is 0. The van der Waals surface area contributed by atoms with Gasteiger partial charge in [-0.25, -0.2) is 4.39 Å². The van der Waals surface area contributed by atoms with Crippen molar-refractivity contribution in [3.63, 3.8) is 0 Å². The molecule has 0 aliphatic carbocycles. The van der Waals surface area contributed by atoms with Crippen LogP contribution >= 0.6 is 24.0 Å². The van der Waals surface area contributed by atoms with Crippen molar-refractivity contribution in [3.05, 3.63) is 28.5 Å². The van der Waals surface area contributed by atoms with Gasteiger partial charge in [0.1, 0.15) is 0 Å². The van der Waals surface area contributed by atoms with E-state index in [1.807, 2.05) is 13.8 Å². The number of hydrogen-bond donors (Lipinski definition) is 2. The van der Waals surface area contributed by atoms with Gasteiger partial charge in [0.05, 0.1) is 11.6 Å². The van der Waals surface area contributed by atoms with E-state index in [0.717, 1.165) is 31.7 Å². The minimum absolute atomic E-state index is 0. The van der Waals surface area contributed by atoms with Gasteiger partial charge in [0, 0.05) is 44.2 Å². The van der Waals surface area contributed by atoms with Crippen molar-refractivity contribution >= 4 is 24.0 Å². The van der Waals surface area contributed by atoms with Crippen molar-refractivity contribution in [1.29, 1.82) is 0 Å². The number of rotatable bonds is 6. The maximum atomic E-state index is 14.4. The topological polar surface area (TPSA) is 44.7 Å². The van der Waals surface area contributed by atoms with Crippen molar-refractivity contribution in [1.82, 2.24) is 10.2 Å². The molecule has 4 nitrogen and oxygen atoms in total. The molecule has 0 unspecified atom stereocenters. The molecular formula is C17H27Cl2FN2O2. The van der Waals surface area contributed by atoms with Crippen LogP contribution in [0.5, 0.6) is 5.75 Å². The average Bonchev–Trinajstić information content (AvgIpc) is 2.52. The van der Waals surface area contributed by atoms with Crippen LogP contribution in [0.25, 0.3) is 0 Å². The molecule has 0 spiro atoms. The lowest BCUT2D eigenvalue weighted by Crippen LogP contribution is -2.49. The van der Waals surface area contributed by atoms with Crippen LogP contribution in [0.3, 0.4) is 0 Å². The Morgan fingerprint density at radius 3 is 2.50 bits per heavy atom. The molecule has 1 aromatic rings. The zero-order chi connectivity index (χ0) is 17.0. The molecule has 1 saturated heterocycles. The summed E-state index contributed by atoms with van der Waals surface area (Å²) in [6.07, 6.45) is 0. The first-order valence-corrected chi connectivity index (χ1v) is 8.46. The molecule has 7 heteroatoms. The molecule has 0 aromatic heterocycles. The molecule has 0 radical (unpaired) electrons. The first-order chi connectivity index (χ1) is 10.9. The summed E-state index contributed by atoms with van der Waals surface area (Å²) in [6, 6.07) is 3.14. The molecule has 0 bridgehead atoms. The van der Waals surface area contributed by atoms with Crippen LogP contribution in [0, 0.1) is 11.2 Å². The Bertz CT molecular complexity index is 514. The number of piperazine rings is 1. The lowest BCUT2D eigenvalue weighted by Gasteiger charge is -2.43. The first kappa shape index (κ1) is 21.5. The summed E-state index contributed by atoms with van der Waals surface area (Å²) < 4.78 is 19.7. The van der Waals surface area contributed by atoms with E-state index in [1.165, 1.54) is 6.07 Å². The van der Waals surface area contributed by atoms with Crippen molar-refractivity contribution in [3.8, 4) is 5.75 Å². The van der Waals surface area contributed by atoms with Gasteiger partial charge in [-0.3, -0.25) is 4.90 Å². The van der Waals surface area contributed by atoms with E-state index in [1.54, 1.807) is 13.0 Å². The Labute approximate surface area is 154 Å². The van der Waals surface area contributed by atoms with E-state index in [2.05, 4.69) is 10.2 Å². The molecule has 1 heterocycles. The summed E-state index contributed by atoms with van der Waals surface area (Å²) in [5.41, 5.74) is 0.358. The maximum Gasteiger partial charge on any atom is 0.173 e. The van der Waals surface area contributed by atoms with Crippen LogP contribution in [-0.2, 0) is 0 Å². The van der Waals surface area contributed by atoms with Crippen LogP contribution < -0.4 is 10.1 Å². The number of nitrogens with one attached hydrogen (secondary N) is 1. The number of aliphatic hydroxyl groups is 1. The highest BCUT2D eigenvalue weighted by atomic mass is 35.5. The van der Waals surface area contributed by atoms with E-state index in [-0.39, 0.29) is 35.8 Å². The number of benzene rings is 1. The fraction of sp³-hybridized carbons (Fsp3) is 0.647. The second kappa shape index (κ2) is 9.20. The third kappa shape index (κ3) is 4.73. The van der Waals surface area contributed by atoms with Crippen molar-refractivity contribution in [2.24, 2.45) is 5.41 Å². The van der Waals surface area contributed by atoms with E-state index in [4.69, 9.17) is 16.3 Å². The highest BCUT2D eigenvalue weighted by molar-refractivity contribution is 6.32. The first-order valence-electron chi connectivity index (χ1n) is 8.08. The molecule has 0 saturated carbocycles. The summed E-state index contributed by atoms with van der Waals surface area (Å²) >= 11 is 6.23. The van der Waals surface area contributed by atoms with Crippen LogP contribution in [0.15, 0.2) is 12.1 Å². The quantitative estimate of drug-likeness (QED) is 0.794. The van der Waals surface area contributed by atoms with Gasteiger partial charge in [-0.15, -0.1) is 12.4 Å². The lowest BCUT2D eigenvalue weighted by atomic mass is 9.79. The van der Waals surface area contributed by atoms with Crippen LogP contribution in [0.2, 0.25) is 5.02 Å². The Kier molecular flexibility index (Phi) is 8.23. The minimum atomic E-state index is -0.455. The molecule has 1 fully saturated rings. The standard InChI is InChI=1S/C17H26ClFN2O2.ClH/c1-4-23-15-13(18)9-12(10-14(15)19)16(17(2,3)11-22)21-7-5-20-6-8-21;/h9-10,16,20,22H,4-8,11H2,1-3H3;1H/t16-;/m1./s1. The monoisotopic (exact) mass is 380 g/mol. The van der Waals surface area contributed by atoms with Gasteiger partial charge < -0.3 is 15.2 Å². The summed E-state index contributed by atoms with van der Waals surface area (Å²) in [6.45, 7) is 9.59. The smallest absolute Gasteiger partial charge is 0.173 e. The Balaban J connectivity index is 0.00000288. The van der Waals surface area contributed by atoms with Crippen LogP contribution in [-0.4, -0.2) is 49.4 Å². The fourth-order valence-corrected chi connectivity index (χ4v) is 3.47. The van der Waals surface area contributed by atoms with Gasteiger partial charge in [0.15, 0.2) is 11.6 Å². The molecule has 2 N–H and O–H groups in total. The predicted molar refractivity (Wildman–Crippen MR) is 97.9 cm³/mol. The number of halogens is 3. The fourth-order valence-electron chi connectivity index (χ4n) is 3.20. The maximum absolute atomic E-state index is 14.4. The molecule has 1 aliphatic heterocycles. The highest BCUT2D eigenvalue weighted by Crippen LogP contribution is 2.41. The number of hydrogen-bond acceptors (Lipinski definition) is 4. The van der Waals surface area contributed by atoms with Crippen LogP contribution in [0.4, 0.5) is 4.39 Å². The number of nitrogens with zero attached hydrogens (tertiary/aromatic N) is 1. The van der Waals surface area contributed by atoms with Gasteiger partial charge in [0.25, 0.3) is 0 Å².